The first-order chi connectivity index (χ1) is 7.58. The number of anilines is 1. The van der Waals surface area contributed by atoms with Gasteiger partial charge >= 0.3 is 0 Å². The molecule has 0 aromatic heterocycles. The maximum absolute atomic E-state index is 13.6. The minimum Gasteiger partial charge on any atom is -0.398 e. The van der Waals surface area contributed by atoms with Gasteiger partial charge in [0.25, 0.3) is 0 Å². The summed E-state index contributed by atoms with van der Waals surface area (Å²) < 4.78 is 26.6. The first-order valence-corrected chi connectivity index (χ1v) is 4.96. The molecule has 0 heterocycles. The van der Waals surface area contributed by atoms with Crippen LogP contribution in [0.1, 0.15) is 0 Å². The second kappa shape index (κ2) is 4.10. The zero-order valence-electron chi connectivity index (χ0n) is 8.18. The Kier molecular flexibility index (Phi) is 2.79. The molecule has 82 valence electrons. The maximum atomic E-state index is 13.6. The molecule has 0 bridgehead atoms. The molecular weight excluding hydrogens is 232 g/mol. The molecule has 0 amide bonds. The molecule has 16 heavy (non-hydrogen) atoms. The molecule has 0 atom stereocenters. The van der Waals surface area contributed by atoms with Crippen LogP contribution in [0.5, 0.6) is 0 Å². The Hall–Kier alpha value is -1.61. The average molecular weight is 240 g/mol. The summed E-state index contributed by atoms with van der Waals surface area (Å²) in [5.41, 5.74) is 6.55. The molecular formula is C12H8ClF2N. The second-order valence-electron chi connectivity index (χ2n) is 3.36. The van der Waals surface area contributed by atoms with E-state index < -0.39 is 11.6 Å². The third-order valence-electron chi connectivity index (χ3n) is 2.24. The highest BCUT2D eigenvalue weighted by Crippen LogP contribution is 2.30. The van der Waals surface area contributed by atoms with Crippen molar-refractivity contribution in [2.75, 3.05) is 5.73 Å². The quantitative estimate of drug-likeness (QED) is 0.751. The molecule has 2 rings (SSSR count). The Balaban J connectivity index is 2.62. The highest BCUT2D eigenvalue weighted by Gasteiger charge is 2.09. The normalized spacial score (nSPS) is 10.4. The van der Waals surface area contributed by atoms with Crippen molar-refractivity contribution in [1.82, 2.24) is 0 Å². The van der Waals surface area contributed by atoms with Crippen molar-refractivity contribution < 1.29 is 8.78 Å². The van der Waals surface area contributed by atoms with Crippen LogP contribution in [-0.4, -0.2) is 0 Å². The molecule has 0 spiro atoms. The molecule has 1 nitrogen and oxygen atoms in total. The summed E-state index contributed by atoms with van der Waals surface area (Å²) in [7, 11) is 0. The fourth-order valence-electron chi connectivity index (χ4n) is 1.47. The van der Waals surface area contributed by atoms with E-state index >= 15 is 0 Å². The monoisotopic (exact) mass is 239 g/mol. The molecule has 0 unspecified atom stereocenters. The predicted molar refractivity (Wildman–Crippen MR) is 61.2 cm³/mol. The molecule has 0 fully saturated rings. The number of hydrogen-bond acceptors (Lipinski definition) is 1. The largest absolute Gasteiger partial charge is 0.398 e. The van der Waals surface area contributed by atoms with Crippen molar-refractivity contribution >= 4 is 17.3 Å². The van der Waals surface area contributed by atoms with Gasteiger partial charge in [0.2, 0.25) is 0 Å². The van der Waals surface area contributed by atoms with Crippen molar-refractivity contribution in [1.29, 1.82) is 0 Å². The lowest BCUT2D eigenvalue weighted by molar-refractivity contribution is 0.625. The van der Waals surface area contributed by atoms with Gasteiger partial charge in [0, 0.05) is 21.8 Å². The summed E-state index contributed by atoms with van der Waals surface area (Å²) in [5, 5.41) is 0.288. The molecule has 4 heteroatoms. The zero-order valence-corrected chi connectivity index (χ0v) is 8.93. The molecule has 2 aromatic carbocycles. The van der Waals surface area contributed by atoms with E-state index in [1.165, 1.54) is 36.4 Å². The number of nitrogen functional groups attached to an aromatic ring is 1. The van der Waals surface area contributed by atoms with Crippen LogP contribution in [0.3, 0.4) is 0 Å². The first kappa shape index (κ1) is 10.9. The number of hydrogen-bond donors (Lipinski definition) is 1. The highest BCUT2D eigenvalue weighted by atomic mass is 35.5. The van der Waals surface area contributed by atoms with Crippen LogP contribution in [0.15, 0.2) is 36.4 Å². The third-order valence-corrected chi connectivity index (χ3v) is 2.47. The lowest BCUT2D eigenvalue weighted by Gasteiger charge is -2.07. The van der Waals surface area contributed by atoms with Gasteiger partial charge in [-0.05, 0) is 36.4 Å². The molecule has 0 radical (unpaired) electrons. The van der Waals surface area contributed by atoms with E-state index in [1.54, 1.807) is 0 Å². The van der Waals surface area contributed by atoms with Crippen LogP contribution < -0.4 is 5.73 Å². The SMILES string of the molecule is Nc1ccc(F)cc1-c1ccc(Cl)cc1F. The smallest absolute Gasteiger partial charge is 0.132 e. The van der Waals surface area contributed by atoms with Crippen LogP contribution in [-0.2, 0) is 0 Å². The van der Waals surface area contributed by atoms with Crippen molar-refractivity contribution in [3.8, 4) is 11.1 Å². The Labute approximate surface area is 96.5 Å². The molecule has 0 aliphatic carbocycles. The average Bonchev–Trinajstić information content (AvgIpc) is 2.22. The van der Waals surface area contributed by atoms with Gasteiger partial charge in [-0.3, -0.25) is 0 Å². The Bertz CT molecular complexity index is 541. The fourth-order valence-corrected chi connectivity index (χ4v) is 1.63. The van der Waals surface area contributed by atoms with E-state index in [9.17, 15) is 8.78 Å². The van der Waals surface area contributed by atoms with Crippen molar-refractivity contribution in [2.45, 2.75) is 0 Å². The number of nitrogens with two attached hydrogens (primary N) is 1. The van der Waals surface area contributed by atoms with Gasteiger partial charge in [-0.2, -0.15) is 0 Å². The predicted octanol–water partition coefficient (Wildman–Crippen LogP) is 3.87. The second-order valence-corrected chi connectivity index (χ2v) is 3.79. The summed E-state index contributed by atoms with van der Waals surface area (Å²) in [6.45, 7) is 0. The number of halogens is 3. The maximum Gasteiger partial charge on any atom is 0.132 e. The zero-order chi connectivity index (χ0) is 11.7. The van der Waals surface area contributed by atoms with E-state index in [2.05, 4.69) is 0 Å². The Morgan fingerprint density at radius 3 is 2.38 bits per heavy atom. The van der Waals surface area contributed by atoms with Gasteiger partial charge in [-0.1, -0.05) is 11.6 Å². The van der Waals surface area contributed by atoms with Crippen LogP contribution in [0.25, 0.3) is 11.1 Å². The topological polar surface area (TPSA) is 26.0 Å². The van der Waals surface area contributed by atoms with Gasteiger partial charge in [-0.25, -0.2) is 8.78 Å². The summed E-state index contributed by atoms with van der Waals surface area (Å²) >= 11 is 5.63. The van der Waals surface area contributed by atoms with Gasteiger partial charge < -0.3 is 5.73 Å². The van der Waals surface area contributed by atoms with Gasteiger partial charge in [0.1, 0.15) is 11.6 Å². The van der Waals surface area contributed by atoms with Crippen molar-refractivity contribution in [3.63, 3.8) is 0 Å². The lowest BCUT2D eigenvalue weighted by atomic mass is 10.0. The van der Waals surface area contributed by atoms with E-state index in [0.717, 1.165) is 0 Å². The van der Waals surface area contributed by atoms with Crippen molar-refractivity contribution in [3.05, 3.63) is 53.1 Å². The van der Waals surface area contributed by atoms with Crippen LogP contribution in [0.2, 0.25) is 5.02 Å². The Morgan fingerprint density at radius 2 is 1.69 bits per heavy atom. The standard InChI is InChI=1S/C12H8ClF2N/c13-7-1-3-9(11(15)5-7)10-6-8(14)2-4-12(10)16/h1-6H,16H2. The van der Waals surface area contributed by atoms with E-state index in [1.807, 2.05) is 0 Å². The summed E-state index contributed by atoms with van der Waals surface area (Å²) in [6, 6.07) is 8.00. The number of rotatable bonds is 1. The minimum atomic E-state index is -0.523. The molecule has 0 saturated heterocycles. The minimum absolute atomic E-state index is 0.237. The van der Waals surface area contributed by atoms with Gasteiger partial charge in [0.15, 0.2) is 0 Å². The number of benzene rings is 2. The summed E-state index contributed by atoms with van der Waals surface area (Å²) in [4.78, 5) is 0. The molecule has 2 aromatic rings. The summed E-state index contributed by atoms with van der Waals surface area (Å²) in [5.74, 6) is -0.983. The Morgan fingerprint density at radius 1 is 0.938 bits per heavy atom. The van der Waals surface area contributed by atoms with Crippen LogP contribution in [0, 0.1) is 11.6 Å². The fraction of sp³-hybridized carbons (Fsp3) is 0. The lowest BCUT2D eigenvalue weighted by Crippen LogP contribution is -1.93. The van der Waals surface area contributed by atoms with Crippen LogP contribution in [0.4, 0.5) is 14.5 Å². The molecule has 0 aliphatic rings. The molecule has 2 N–H and O–H groups in total. The van der Waals surface area contributed by atoms with Crippen molar-refractivity contribution in [2.24, 2.45) is 0 Å². The molecule has 0 saturated carbocycles. The molecule has 0 aliphatic heterocycles. The summed E-state index contributed by atoms with van der Waals surface area (Å²) in [6.07, 6.45) is 0. The van der Waals surface area contributed by atoms with E-state index in [4.69, 9.17) is 17.3 Å². The van der Waals surface area contributed by atoms with Gasteiger partial charge in [-0.15, -0.1) is 0 Å². The van der Waals surface area contributed by atoms with Crippen LogP contribution >= 0.6 is 11.6 Å². The first-order valence-electron chi connectivity index (χ1n) is 4.58. The highest BCUT2D eigenvalue weighted by molar-refractivity contribution is 6.30. The van der Waals surface area contributed by atoms with E-state index in [-0.39, 0.29) is 10.6 Å². The van der Waals surface area contributed by atoms with E-state index in [0.29, 0.717) is 11.3 Å². The third kappa shape index (κ3) is 1.99. The van der Waals surface area contributed by atoms with Gasteiger partial charge in [0.05, 0.1) is 0 Å².